The van der Waals surface area contributed by atoms with Crippen molar-refractivity contribution < 1.29 is 0 Å². The Morgan fingerprint density at radius 1 is 0.273 bits per heavy atom. The van der Waals surface area contributed by atoms with Gasteiger partial charge in [0, 0.05) is 19.2 Å². The van der Waals surface area contributed by atoms with Gasteiger partial charge in [-0.25, -0.2) is 0 Å². The summed E-state index contributed by atoms with van der Waals surface area (Å²) in [5, 5.41) is 15.6. The van der Waals surface area contributed by atoms with Crippen molar-refractivity contribution in [2.24, 2.45) is 0 Å². The Hall–Kier alpha value is -5.02. The van der Waals surface area contributed by atoms with Gasteiger partial charge in [0.05, 0.1) is 0 Å². The van der Waals surface area contributed by atoms with Gasteiger partial charge in [-0.05, 0) is 124 Å². The number of hydrogen-bond acceptors (Lipinski definition) is 2. The van der Waals surface area contributed by atoms with Crippen molar-refractivity contribution in [2.45, 2.75) is 0 Å². The fourth-order valence-electron chi connectivity index (χ4n) is 6.91. The van der Waals surface area contributed by atoms with Crippen LogP contribution in [0.25, 0.3) is 94.9 Å². The lowest BCUT2D eigenvalue weighted by Crippen LogP contribution is -1.81. The Balaban J connectivity index is 1.11. The lowest BCUT2D eigenvalue weighted by molar-refractivity contribution is 1.74. The van der Waals surface area contributed by atoms with Crippen LogP contribution in [0.3, 0.4) is 0 Å². The summed E-state index contributed by atoms with van der Waals surface area (Å²) in [6.07, 6.45) is 0. The van der Waals surface area contributed by atoms with E-state index in [9.17, 15) is 0 Å². The molecule has 0 spiro atoms. The lowest BCUT2D eigenvalue weighted by Gasteiger charge is -2.08. The molecular weight excluding hydrogens is 569 g/mol. The van der Waals surface area contributed by atoms with E-state index in [0.29, 0.717) is 0 Å². The molecule has 204 valence electrons. The van der Waals surface area contributed by atoms with E-state index < -0.39 is 0 Å². The first kappa shape index (κ1) is 24.4. The molecule has 10 rings (SSSR count). The van der Waals surface area contributed by atoms with E-state index in [4.69, 9.17) is 0 Å². The predicted molar refractivity (Wildman–Crippen MR) is 196 cm³/mol. The van der Waals surface area contributed by atoms with Crippen LogP contribution >= 0.6 is 22.7 Å². The predicted octanol–water partition coefficient (Wildman–Crippen LogP) is 13.2. The molecule has 0 N–H and O–H groups in total. The van der Waals surface area contributed by atoms with E-state index in [2.05, 4.69) is 146 Å². The van der Waals surface area contributed by atoms with Crippen LogP contribution in [-0.4, -0.2) is 0 Å². The molecule has 0 atom stereocenters. The van der Waals surface area contributed by atoms with Crippen LogP contribution in [-0.2, 0) is 0 Å². The molecule has 0 amide bonds. The highest BCUT2D eigenvalue weighted by Crippen LogP contribution is 2.42. The highest BCUT2D eigenvalue weighted by molar-refractivity contribution is 7.22. The minimum Gasteiger partial charge on any atom is -0.135 e. The summed E-state index contributed by atoms with van der Waals surface area (Å²) < 4.78 is 2.67. The molecule has 0 unspecified atom stereocenters. The Bertz CT molecular complexity index is 2580. The zero-order valence-electron chi connectivity index (χ0n) is 23.7. The van der Waals surface area contributed by atoms with Crippen molar-refractivity contribution in [1.29, 1.82) is 0 Å². The third-order valence-corrected chi connectivity index (χ3v) is 11.5. The third kappa shape index (κ3) is 3.75. The van der Waals surface area contributed by atoms with Gasteiger partial charge >= 0.3 is 0 Å². The van der Waals surface area contributed by atoms with Gasteiger partial charge in [0.15, 0.2) is 0 Å². The number of thiophene rings is 2. The quantitative estimate of drug-likeness (QED) is 0.175. The number of hydrogen-bond donors (Lipinski definition) is 0. The fourth-order valence-corrected chi connectivity index (χ4v) is 9.09. The van der Waals surface area contributed by atoms with Crippen LogP contribution in [0, 0.1) is 0 Å². The maximum absolute atomic E-state index is 2.40. The average molecular weight is 593 g/mol. The van der Waals surface area contributed by atoms with Gasteiger partial charge in [-0.1, -0.05) is 97.1 Å². The molecule has 0 fully saturated rings. The van der Waals surface area contributed by atoms with E-state index in [-0.39, 0.29) is 0 Å². The van der Waals surface area contributed by atoms with E-state index in [1.165, 1.54) is 94.9 Å². The molecule has 8 aromatic carbocycles. The van der Waals surface area contributed by atoms with Crippen molar-refractivity contribution in [3.63, 3.8) is 0 Å². The second kappa shape index (κ2) is 9.24. The second-order valence-electron chi connectivity index (χ2n) is 11.8. The topological polar surface area (TPSA) is 0 Å². The molecule has 2 aromatic heterocycles. The summed E-state index contributed by atoms with van der Waals surface area (Å²) in [5.41, 5.74) is 2.57. The molecule has 2 heterocycles. The molecule has 0 nitrogen and oxygen atoms in total. The summed E-state index contributed by atoms with van der Waals surface area (Å²) >= 11 is 3.77. The van der Waals surface area contributed by atoms with Crippen LogP contribution < -0.4 is 0 Å². The van der Waals surface area contributed by atoms with Gasteiger partial charge in [-0.2, -0.15) is 0 Å². The van der Waals surface area contributed by atoms with Crippen molar-refractivity contribution in [1.82, 2.24) is 0 Å². The highest BCUT2D eigenvalue weighted by Gasteiger charge is 2.12. The van der Waals surface area contributed by atoms with Gasteiger partial charge < -0.3 is 0 Å². The molecule has 0 bridgehead atoms. The normalized spacial score (nSPS) is 12.1. The van der Waals surface area contributed by atoms with E-state index in [1.807, 2.05) is 22.7 Å². The van der Waals surface area contributed by atoms with Crippen LogP contribution in [0.2, 0.25) is 0 Å². The maximum atomic E-state index is 2.40. The first-order valence-electron chi connectivity index (χ1n) is 15.0. The number of fused-ring (bicyclic) bond motifs is 9. The first-order chi connectivity index (χ1) is 21.7. The molecule has 0 saturated carbocycles. The molecule has 44 heavy (non-hydrogen) atoms. The molecule has 2 heteroatoms. The molecular formula is C42H24S2. The van der Waals surface area contributed by atoms with Crippen molar-refractivity contribution in [2.75, 3.05) is 0 Å². The highest BCUT2D eigenvalue weighted by atomic mass is 32.1. The third-order valence-electron chi connectivity index (χ3n) is 9.17. The van der Waals surface area contributed by atoms with Crippen molar-refractivity contribution in [3.8, 4) is 20.9 Å². The van der Waals surface area contributed by atoms with Gasteiger partial charge in [0.1, 0.15) is 0 Å². The standard InChI is InChI=1S/C42H24S2/c1-3-7-27-17-31(11-9-25(27)5-1)39-23-33-19-37-29(21-41(33)43-39)13-15-36-35(37)16-14-30-22-42-34(20-38(30)36)24-40(44-42)32-12-10-26-6-2-4-8-28(26)18-32/h1-24H. The summed E-state index contributed by atoms with van der Waals surface area (Å²) in [6, 6.07) is 54.4. The van der Waals surface area contributed by atoms with Gasteiger partial charge in [0.2, 0.25) is 0 Å². The fraction of sp³-hybridized carbons (Fsp3) is 0. The molecule has 0 saturated heterocycles. The maximum Gasteiger partial charge on any atom is 0.0355 e. The van der Waals surface area contributed by atoms with Crippen LogP contribution in [0.5, 0.6) is 0 Å². The van der Waals surface area contributed by atoms with Crippen LogP contribution in [0.15, 0.2) is 146 Å². The molecule has 0 aliphatic carbocycles. The average Bonchev–Trinajstić information content (AvgIpc) is 3.69. The van der Waals surface area contributed by atoms with E-state index in [0.717, 1.165) is 0 Å². The lowest BCUT2D eigenvalue weighted by atomic mass is 9.95. The molecule has 0 aliphatic rings. The van der Waals surface area contributed by atoms with Gasteiger partial charge in [0.25, 0.3) is 0 Å². The van der Waals surface area contributed by atoms with E-state index in [1.54, 1.807) is 0 Å². The Kier molecular flexibility index (Phi) is 5.13. The van der Waals surface area contributed by atoms with Gasteiger partial charge in [-0.15, -0.1) is 22.7 Å². The molecule has 0 radical (unpaired) electrons. The second-order valence-corrected chi connectivity index (χ2v) is 14.0. The summed E-state index contributed by atoms with van der Waals surface area (Å²) in [4.78, 5) is 2.63. The monoisotopic (exact) mass is 592 g/mol. The van der Waals surface area contributed by atoms with Crippen LogP contribution in [0.4, 0.5) is 0 Å². The minimum atomic E-state index is 1.28. The Morgan fingerprint density at radius 2 is 0.705 bits per heavy atom. The zero-order chi connectivity index (χ0) is 28.8. The summed E-state index contributed by atoms with van der Waals surface area (Å²) in [7, 11) is 0. The van der Waals surface area contributed by atoms with Crippen molar-refractivity contribution in [3.05, 3.63) is 146 Å². The minimum absolute atomic E-state index is 1.28. The number of benzene rings is 8. The SMILES string of the molecule is c1ccc2cc(-c3cc4cc5c(ccc6c7cc8cc(-c9ccc%10ccccc%10c9)sc8cc7ccc56)cc4s3)ccc2c1. The largest absolute Gasteiger partial charge is 0.135 e. The first-order valence-corrected chi connectivity index (χ1v) is 16.6. The summed E-state index contributed by atoms with van der Waals surface area (Å²) in [5.74, 6) is 0. The molecule has 0 aliphatic heterocycles. The summed E-state index contributed by atoms with van der Waals surface area (Å²) in [6.45, 7) is 0. The smallest absolute Gasteiger partial charge is 0.0355 e. The molecule has 10 aromatic rings. The van der Waals surface area contributed by atoms with Crippen molar-refractivity contribution >= 4 is 96.7 Å². The van der Waals surface area contributed by atoms with Gasteiger partial charge in [-0.3, -0.25) is 0 Å². The Morgan fingerprint density at radius 3 is 1.18 bits per heavy atom. The van der Waals surface area contributed by atoms with Crippen LogP contribution in [0.1, 0.15) is 0 Å². The van der Waals surface area contributed by atoms with E-state index >= 15 is 0 Å². The Labute approximate surface area is 262 Å². The zero-order valence-corrected chi connectivity index (χ0v) is 25.3. The number of rotatable bonds is 2.